The Morgan fingerprint density at radius 1 is 1.43 bits per heavy atom. The minimum Gasteiger partial charge on any atom is -0.495 e. The first-order valence-corrected chi connectivity index (χ1v) is 8.74. The SMILES string of the molecule is COc1ccc(CCl)cc1S(=O)(=O)N1CC(C)OCC1C. The Kier molecular flexibility index (Phi) is 5.14. The van der Waals surface area contributed by atoms with Gasteiger partial charge in [0.05, 0.1) is 19.8 Å². The largest absolute Gasteiger partial charge is 0.495 e. The summed E-state index contributed by atoms with van der Waals surface area (Å²) in [7, 11) is -2.19. The van der Waals surface area contributed by atoms with Gasteiger partial charge in [-0.05, 0) is 31.5 Å². The Morgan fingerprint density at radius 3 is 2.76 bits per heavy atom. The number of hydrogen-bond acceptors (Lipinski definition) is 4. The molecule has 0 N–H and O–H groups in total. The molecule has 7 heteroatoms. The highest BCUT2D eigenvalue weighted by Crippen LogP contribution is 2.30. The van der Waals surface area contributed by atoms with Crippen molar-refractivity contribution < 1.29 is 17.9 Å². The molecule has 1 saturated heterocycles. The lowest BCUT2D eigenvalue weighted by molar-refractivity contribution is -0.0171. The third-order valence-corrected chi connectivity index (χ3v) is 5.83. The van der Waals surface area contributed by atoms with Crippen molar-refractivity contribution in [3.8, 4) is 5.75 Å². The van der Waals surface area contributed by atoms with Crippen LogP contribution in [0.2, 0.25) is 0 Å². The molecule has 0 saturated carbocycles. The highest BCUT2D eigenvalue weighted by atomic mass is 35.5. The van der Waals surface area contributed by atoms with E-state index in [1.54, 1.807) is 18.2 Å². The molecule has 21 heavy (non-hydrogen) atoms. The van der Waals surface area contributed by atoms with E-state index in [2.05, 4.69) is 0 Å². The molecule has 0 radical (unpaired) electrons. The molecule has 1 aromatic carbocycles. The highest BCUT2D eigenvalue weighted by Gasteiger charge is 2.35. The number of benzene rings is 1. The zero-order chi connectivity index (χ0) is 15.6. The van der Waals surface area contributed by atoms with E-state index in [4.69, 9.17) is 21.1 Å². The quantitative estimate of drug-likeness (QED) is 0.793. The first-order valence-electron chi connectivity index (χ1n) is 6.76. The molecule has 0 amide bonds. The van der Waals surface area contributed by atoms with Gasteiger partial charge in [-0.25, -0.2) is 8.42 Å². The van der Waals surface area contributed by atoms with Crippen molar-refractivity contribution in [2.75, 3.05) is 20.3 Å². The molecule has 118 valence electrons. The Labute approximate surface area is 130 Å². The van der Waals surface area contributed by atoms with Crippen LogP contribution in [0.5, 0.6) is 5.75 Å². The number of hydrogen-bond donors (Lipinski definition) is 0. The van der Waals surface area contributed by atoms with E-state index in [0.717, 1.165) is 5.56 Å². The van der Waals surface area contributed by atoms with Crippen molar-refractivity contribution in [2.24, 2.45) is 0 Å². The number of nitrogens with zero attached hydrogens (tertiary/aromatic N) is 1. The molecule has 0 aromatic heterocycles. The summed E-state index contributed by atoms with van der Waals surface area (Å²) in [5, 5.41) is 0. The van der Waals surface area contributed by atoms with E-state index in [9.17, 15) is 8.42 Å². The number of rotatable bonds is 4. The maximum Gasteiger partial charge on any atom is 0.247 e. The fraction of sp³-hybridized carbons (Fsp3) is 0.571. The maximum absolute atomic E-state index is 12.9. The molecular formula is C14H20ClNO4S. The average molecular weight is 334 g/mol. The molecule has 2 rings (SSSR count). The second-order valence-electron chi connectivity index (χ2n) is 5.19. The molecule has 0 bridgehead atoms. The zero-order valence-corrected chi connectivity index (χ0v) is 13.9. The van der Waals surface area contributed by atoms with Crippen molar-refractivity contribution in [3.05, 3.63) is 23.8 Å². The summed E-state index contributed by atoms with van der Waals surface area (Å²) in [4.78, 5) is 0.157. The van der Waals surface area contributed by atoms with E-state index in [0.29, 0.717) is 18.9 Å². The van der Waals surface area contributed by atoms with E-state index >= 15 is 0 Å². The Balaban J connectivity index is 2.47. The normalized spacial score (nSPS) is 24.0. The molecule has 1 aliphatic heterocycles. The molecule has 1 aromatic rings. The monoisotopic (exact) mass is 333 g/mol. The number of morpholine rings is 1. The number of ether oxygens (including phenoxy) is 2. The number of sulfonamides is 1. The zero-order valence-electron chi connectivity index (χ0n) is 12.4. The predicted molar refractivity (Wildman–Crippen MR) is 81.3 cm³/mol. The van der Waals surface area contributed by atoms with Crippen LogP contribution in [0.25, 0.3) is 0 Å². The van der Waals surface area contributed by atoms with E-state index < -0.39 is 10.0 Å². The second-order valence-corrected chi connectivity index (χ2v) is 7.31. The summed E-state index contributed by atoms with van der Waals surface area (Å²) >= 11 is 5.81. The molecule has 5 nitrogen and oxygen atoms in total. The summed E-state index contributed by atoms with van der Waals surface area (Å²) < 4.78 is 38.0. The Bertz CT molecular complexity index is 605. The van der Waals surface area contributed by atoms with Crippen LogP contribution in [0.3, 0.4) is 0 Å². The maximum atomic E-state index is 12.9. The molecule has 1 aliphatic rings. The van der Waals surface area contributed by atoms with Crippen molar-refractivity contribution in [3.63, 3.8) is 0 Å². The van der Waals surface area contributed by atoms with Crippen LogP contribution in [-0.4, -0.2) is 45.1 Å². The third-order valence-electron chi connectivity index (χ3n) is 3.52. The fourth-order valence-corrected chi connectivity index (χ4v) is 4.41. The molecule has 2 unspecified atom stereocenters. The average Bonchev–Trinajstić information content (AvgIpc) is 2.48. The first kappa shape index (κ1) is 16.5. The first-order chi connectivity index (χ1) is 9.90. The number of halogens is 1. The van der Waals surface area contributed by atoms with Gasteiger partial charge >= 0.3 is 0 Å². The topological polar surface area (TPSA) is 55.8 Å². The lowest BCUT2D eigenvalue weighted by Crippen LogP contribution is -2.50. The van der Waals surface area contributed by atoms with Crippen LogP contribution < -0.4 is 4.74 Å². The molecule has 0 spiro atoms. The minimum atomic E-state index is -3.65. The third kappa shape index (κ3) is 3.34. The summed E-state index contributed by atoms with van der Waals surface area (Å²) in [5.74, 6) is 0.580. The van der Waals surface area contributed by atoms with Crippen LogP contribution in [0.4, 0.5) is 0 Å². The highest BCUT2D eigenvalue weighted by molar-refractivity contribution is 7.89. The predicted octanol–water partition coefficient (Wildman–Crippen LogP) is 2.23. The van der Waals surface area contributed by atoms with E-state index in [1.165, 1.54) is 11.4 Å². The number of alkyl halides is 1. The standard InChI is InChI=1S/C14H20ClNO4S/c1-10-9-20-11(2)8-16(10)21(17,18)14-6-12(7-15)4-5-13(14)19-3/h4-6,10-11H,7-9H2,1-3H3. The van der Waals surface area contributed by atoms with Gasteiger partial charge in [-0.1, -0.05) is 6.07 Å². The molecular weight excluding hydrogens is 314 g/mol. The Morgan fingerprint density at radius 2 is 2.14 bits per heavy atom. The smallest absolute Gasteiger partial charge is 0.247 e. The van der Waals surface area contributed by atoms with E-state index in [1.807, 2.05) is 13.8 Å². The van der Waals surface area contributed by atoms with Gasteiger partial charge in [0.15, 0.2) is 0 Å². The summed E-state index contributed by atoms with van der Waals surface area (Å²) in [5.41, 5.74) is 0.741. The van der Waals surface area contributed by atoms with Gasteiger partial charge in [-0.2, -0.15) is 4.31 Å². The van der Waals surface area contributed by atoms with Gasteiger partial charge in [0.1, 0.15) is 10.6 Å². The van der Waals surface area contributed by atoms with Crippen molar-refractivity contribution in [1.82, 2.24) is 4.31 Å². The van der Waals surface area contributed by atoms with Gasteiger partial charge in [0.25, 0.3) is 0 Å². The van der Waals surface area contributed by atoms with Crippen LogP contribution in [-0.2, 0) is 20.6 Å². The van der Waals surface area contributed by atoms with Crippen LogP contribution in [0.15, 0.2) is 23.1 Å². The summed E-state index contributed by atoms with van der Waals surface area (Å²) in [6.07, 6.45) is -0.127. The fourth-order valence-electron chi connectivity index (χ4n) is 2.34. The van der Waals surface area contributed by atoms with Crippen molar-refractivity contribution >= 4 is 21.6 Å². The summed E-state index contributed by atoms with van der Waals surface area (Å²) in [6.45, 7) is 4.41. The van der Waals surface area contributed by atoms with E-state index in [-0.39, 0.29) is 22.9 Å². The van der Waals surface area contributed by atoms with Crippen LogP contribution in [0, 0.1) is 0 Å². The van der Waals surface area contributed by atoms with Crippen molar-refractivity contribution in [2.45, 2.75) is 36.8 Å². The second kappa shape index (κ2) is 6.52. The van der Waals surface area contributed by atoms with Crippen molar-refractivity contribution in [1.29, 1.82) is 0 Å². The van der Waals surface area contributed by atoms with Gasteiger partial charge in [-0.3, -0.25) is 0 Å². The molecule has 1 heterocycles. The van der Waals surface area contributed by atoms with Gasteiger partial charge in [-0.15, -0.1) is 11.6 Å². The number of methoxy groups -OCH3 is 1. The molecule has 0 aliphatic carbocycles. The minimum absolute atomic E-state index is 0.127. The van der Waals surface area contributed by atoms with Gasteiger partial charge in [0.2, 0.25) is 10.0 Å². The van der Waals surface area contributed by atoms with Gasteiger partial charge < -0.3 is 9.47 Å². The summed E-state index contributed by atoms with van der Waals surface area (Å²) in [6, 6.07) is 4.76. The van der Waals surface area contributed by atoms with Gasteiger partial charge in [0, 0.05) is 18.5 Å². The van der Waals surface area contributed by atoms with Crippen LogP contribution in [0.1, 0.15) is 19.4 Å². The lowest BCUT2D eigenvalue weighted by Gasteiger charge is -2.35. The Hall–Kier alpha value is -0.820. The lowest BCUT2D eigenvalue weighted by atomic mass is 10.2. The van der Waals surface area contributed by atoms with Crippen LogP contribution >= 0.6 is 11.6 Å². The molecule has 1 fully saturated rings. The molecule has 2 atom stereocenters.